The summed E-state index contributed by atoms with van der Waals surface area (Å²) in [6, 6.07) is 59.1. The number of para-hydroxylation sites is 1. The third-order valence-corrected chi connectivity index (χ3v) is 11.7. The van der Waals surface area contributed by atoms with Gasteiger partial charge in [0.25, 0.3) is 0 Å². The van der Waals surface area contributed by atoms with Crippen LogP contribution in [0, 0.1) is 12.3 Å². The summed E-state index contributed by atoms with van der Waals surface area (Å²) in [6.45, 7) is 0. The van der Waals surface area contributed by atoms with Gasteiger partial charge in [-0.3, -0.25) is 4.57 Å². The van der Waals surface area contributed by atoms with E-state index in [1.807, 2.05) is 11.3 Å². The van der Waals surface area contributed by atoms with Crippen molar-refractivity contribution in [3.63, 3.8) is 0 Å². The molecule has 0 fully saturated rings. The fourth-order valence-electron chi connectivity index (χ4n) is 7.90. The van der Waals surface area contributed by atoms with Gasteiger partial charge in [0, 0.05) is 49.3 Å². The fourth-order valence-corrected chi connectivity index (χ4v) is 8.96. The lowest BCUT2D eigenvalue weighted by Gasteiger charge is -2.11. The highest BCUT2D eigenvalue weighted by Crippen LogP contribution is 2.39. The van der Waals surface area contributed by atoms with Crippen LogP contribution in [-0.2, 0) is 6.42 Å². The topological polar surface area (TPSA) is 17.3 Å². The third-order valence-electron chi connectivity index (χ3n) is 10.5. The predicted octanol–water partition coefficient (Wildman–Crippen LogP) is 13.4. The van der Waals surface area contributed by atoms with Crippen molar-refractivity contribution in [1.29, 1.82) is 0 Å². The zero-order valence-electron chi connectivity index (χ0n) is 29.5. The molecule has 2 aromatic heterocycles. The van der Waals surface area contributed by atoms with Crippen LogP contribution in [0.1, 0.15) is 23.1 Å². The first kappa shape index (κ1) is 32.0. The van der Waals surface area contributed by atoms with E-state index in [2.05, 4.69) is 186 Å². The molecule has 0 amide bonds. The number of hydrogen-bond acceptors (Lipinski definition) is 2. The largest absolute Gasteiger partial charge is 0.297 e. The summed E-state index contributed by atoms with van der Waals surface area (Å²) in [5.74, 6) is 3.80. The summed E-state index contributed by atoms with van der Waals surface area (Å²) in [4.78, 5) is 5.42. The normalized spacial score (nSPS) is 13.1. The Balaban J connectivity index is 1.07. The lowest BCUT2D eigenvalue weighted by Crippen LogP contribution is -2.10. The number of rotatable bonds is 5. The Hall–Kier alpha value is -6.73. The smallest absolute Gasteiger partial charge is 0.118 e. The molecule has 3 heterocycles. The molecule has 54 heavy (non-hydrogen) atoms. The van der Waals surface area contributed by atoms with Gasteiger partial charge in [0.2, 0.25) is 0 Å². The minimum Gasteiger partial charge on any atom is -0.297 e. The summed E-state index contributed by atoms with van der Waals surface area (Å²) in [6.07, 6.45) is 11.5. The van der Waals surface area contributed by atoms with Crippen LogP contribution in [0.15, 0.2) is 181 Å². The number of benzene rings is 7. The van der Waals surface area contributed by atoms with Gasteiger partial charge in [0.15, 0.2) is 0 Å². The molecule has 3 heteroatoms. The summed E-state index contributed by atoms with van der Waals surface area (Å²) in [5, 5.41) is 4.99. The summed E-state index contributed by atoms with van der Waals surface area (Å²) in [7, 11) is 0. The highest BCUT2D eigenvalue weighted by atomic mass is 32.1. The van der Waals surface area contributed by atoms with Crippen LogP contribution in [0.3, 0.4) is 0 Å². The van der Waals surface area contributed by atoms with Gasteiger partial charge in [-0.15, -0.1) is 23.7 Å². The van der Waals surface area contributed by atoms with Crippen LogP contribution in [-0.4, -0.2) is 10.4 Å². The van der Waals surface area contributed by atoms with E-state index in [1.165, 1.54) is 69.9 Å². The van der Waals surface area contributed by atoms with Crippen LogP contribution in [0.2, 0.25) is 0 Å². The summed E-state index contributed by atoms with van der Waals surface area (Å²) in [5.41, 5.74) is 12.7. The lowest BCUT2D eigenvalue weighted by molar-refractivity contribution is 1.19. The van der Waals surface area contributed by atoms with Gasteiger partial charge >= 0.3 is 0 Å². The summed E-state index contributed by atoms with van der Waals surface area (Å²) < 4.78 is 4.95. The van der Waals surface area contributed by atoms with Crippen LogP contribution in [0.5, 0.6) is 0 Å². The second-order valence-corrected chi connectivity index (χ2v) is 14.9. The Morgan fingerprint density at radius 1 is 0.537 bits per heavy atom. The van der Waals surface area contributed by atoms with Crippen LogP contribution in [0.25, 0.3) is 75.5 Å². The first-order valence-corrected chi connectivity index (χ1v) is 19.2. The molecule has 0 N–H and O–H groups in total. The first-order valence-electron chi connectivity index (χ1n) is 18.3. The molecule has 0 spiro atoms. The van der Waals surface area contributed by atoms with Crippen molar-refractivity contribution in [3.05, 3.63) is 193 Å². The molecular formula is C51H34N2S. The molecular weight excluding hydrogens is 673 g/mol. The number of allylic oxidation sites excluding steroid dienone is 3. The van der Waals surface area contributed by atoms with E-state index >= 15 is 0 Å². The van der Waals surface area contributed by atoms with Crippen molar-refractivity contribution in [2.75, 3.05) is 0 Å². The van der Waals surface area contributed by atoms with E-state index in [0.717, 1.165) is 28.1 Å². The van der Waals surface area contributed by atoms with E-state index < -0.39 is 0 Å². The molecule has 0 bridgehead atoms. The van der Waals surface area contributed by atoms with Crippen LogP contribution >= 0.6 is 11.3 Å². The van der Waals surface area contributed by atoms with E-state index in [1.54, 1.807) is 0 Å². The average Bonchev–Trinajstić information content (AvgIpc) is 3.67. The lowest BCUT2D eigenvalue weighted by atomic mass is 9.97. The first-order chi connectivity index (χ1) is 26.7. The van der Waals surface area contributed by atoms with Crippen molar-refractivity contribution in [1.82, 2.24) is 4.57 Å². The minimum atomic E-state index is 0.643. The van der Waals surface area contributed by atoms with Crippen molar-refractivity contribution >= 4 is 70.4 Å². The number of terminal acetylenes is 1. The van der Waals surface area contributed by atoms with Gasteiger partial charge in [0.05, 0.1) is 16.7 Å². The monoisotopic (exact) mass is 706 g/mol. The second kappa shape index (κ2) is 13.4. The Morgan fingerprint density at radius 2 is 1.15 bits per heavy atom. The van der Waals surface area contributed by atoms with Gasteiger partial charge in [-0.2, -0.15) is 0 Å². The Labute approximate surface area is 318 Å². The SMILES string of the molecule is C#CCc1ccc2sc3ccc(-c4cccc(-c5ccc6c(c5)c5ccccc5n6C5=NC(c6ccccc6)=CC(c6ccccc6)=CC5)c4)cc3c2c1. The highest BCUT2D eigenvalue weighted by Gasteiger charge is 2.19. The average molecular weight is 707 g/mol. The molecule has 9 aromatic rings. The number of hydrogen-bond donors (Lipinski definition) is 0. The van der Waals surface area contributed by atoms with Crippen molar-refractivity contribution in [3.8, 4) is 34.6 Å². The molecule has 0 unspecified atom stereocenters. The van der Waals surface area contributed by atoms with Crippen molar-refractivity contribution in [2.24, 2.45) is 4.99 Å². The molecule has 0 atom stereocenters. The summed E-state index contributed by atoms with van der Waals surface area (Å²) >= 11 is 1.84. The molecule has 1 aliphatic heterocycles. The van der Waals surface area contributed by atoms with Crippen molar-refractivity contribution < 1.29 is 0 Å². The van der Waals surface area contributed by atoms with E-state index in [4.69, 9.17) is 11.4 Å². The number of thiophene rings is 1. The molecule has 2 nitrogen and oxygen atoms in total. The Morgan fingerprint density at radius 3 is 1.93 bits per heavy atom. The third kappa shape index (κ3) is 5.65. The quantitative estimate of drug-likeness (QED) is 0.159. The minimum absolute atomic E-state index is 0.643. The van der Waals surface area contributed by atoms with Gasteiger partial charge < -0.3 is 0 Å². The fraction of sp³-hybridized carbons (Fsp3) is 0.0392. The van der Waals surface area contributed by atoms with E-state index in [0.29, 0.717) is 12.8 Å². The van der Waals surface area contributed by atoms with Crippen molar-refractivity contribution in [2.45, 2.75) is 12.8 Å². The molecule has 1 aliphatic rings. The maximum atomic E-state index is 5.64. The number of aliphatic imine (C=N–C) groups is 1. The van der Waals surface area contributed by atoms with Gasteiger partial charge in [0.1, 0.15) is 5.84 Å². The van der Waals surface area contributed by atoms with Gasteiger partial charge in [-0.1, -0.05) is 121 Å². The predicted molar refractivity (Wildman–Crippen MR) is 232 cm³/mol. The number of nitrogens with zero attached hydrogens (tertiary/aromatic N) is 2. The van der Waals surface area contributed by atoms with Gasteiger partial charge in [-0.25, -0.2) is 4.99 Å². The molecule has 7 aromatic carbocycles. The zero-order chi connectivity index (χ0) is 36.0. The molecule has 0 radical (unpaired) electrons. The van der Waals surface area contributed by atoms with Crippen LogP contribution in [0.4, 0.5) is 0 Å². The molecule has 0 saturated heterocycles. The molecule has 10 rings (SSSR count). The Kier molecular flexibility index (Phi) is 7.90. The van der Waals surface area contributed by atoms with E-state index in [9.17, 15) is 0 Å². The van der Waals surface area contributed by atoms with Gasteiger partial charge in [-0.05, 0) is 93.6 Å². The maximum absolute atomic E-state index is 5.64. The molecule has 0 aliphatic carbocycles. The number of fused-ring (bicyclic) bond motifs is 6. The zero-order valence-corrected chi connectivity index (χ0v) is 30.4. The Bertz CT molecular complexity index is 3040. The number of aromatic nitrogens is 1. The maximum Gasteiger partial charge on any atom is 0.118 e. The highest BCUT2D eigenvalue weighted by molar-refractivity contribution is 7.25. The van der Waals surface area contributed by atoms with E-state index in [-0.39, 0.29) is 0 Å². The van der Waals surface area contributed by atoms with Crippen LogP contribution < -0.4 is 0 Å². The molecule has 254 valence electrons. The molecule has 0 saturated carbocycles. The second-order valence-electron chi connectivity index (χ2n) is 13.8. The standard InChI is InChI=1S/C51H34N2S/c1-2-12-34-21-26-49-44(29-34)45-32-40(23-27-50(45)54-49)38-18-11-17-37(30-38)39-22-25-48-43(31-39)42-19-9-10-20-47(42)53(48)51-28-24-41(35-13-5-3-6-14-35)33-46(52-51)36-15-7-4-8-16-36/h1,3-11,13-27,29-33H,12,28H2.